The molecular weight excluding hydrogens is 264 g/mol. The van der Waals surface area contributed by atoms with Crippen LogP contribution in [0.3, 0.4) is 0 Å². The second-order valence-corrected chi connectivity index (χ2v) is 6.63. The van der Waals surface area contributed by atoms with Crippen molar-refractivity contribution in [1.29, 1.82) is 0 Å². The van der Waals surface area contributed by atoms with Gasteiger partial charge in [-0.1, -0.05) is 59.7 Å². The van der Waals surface area contributed by atoms with Crippen molar-refractivity contribution in [3.8, 4) is 0 Å². The molecule has 0 N–H and O–H groups in total. The van der Waals surface area contributed by atoms with Gasteiger partial charge in [0.25, 0.3) is 0 Å². The molecule has 4 rings (SSSR count). The van der Waals surface area contributed by atoms with E-state index >= 15 is 0 Å². The molecule has 0 radical (unpaired) electrons. The van der Waals surface area contributed by atoms with Crippen LogP contribution < -0.4 is 0 Å². The van der Waals surface area contributed by atoms with E-state index in [1.165, 1.54) is 47.9 Å². The zero-order valence-electron chi connectivity index (χ0n) is 13.9. The van der Waals surface area contributed by atoms with Gasteiger partial charge in [-0.2, -0.15) is 0 Å². The number of hydrogen-bond donors (Lipinski definition) is 0. The van der Waals surface area contributed by atoms with Gasteiger partial charge >= 0.3 is 0 Å². The molecule has 2 aromatic rings. The first kappa shape index (κ1) is 15.1. The van der Waals surface area contributed by atoms with Gasteiger partial charge in [0, 0.05) is 0 Å². The van der Waals surface area contributed by atoms with Crippen LogP contribution in [0.5, 0.6) is 0 Å². The maximum absolute atomic E-state index is 2.34. The number of hydrogen-bond acceptors (Lipinski definition) is 0. The van der Waals surface area contributed by atoms with Gasteiger partial charge in [-0.25, -0.2) is 0 Å². The minimum atomic E-state index is 1.12. The zero-order chi connectivity index (χ0) is 15.4. The lowest BCUT2D eigenvalue weighted by molar-refractivity contribution is 0.685. The average molecular weight is 290 g/mol. The molecule has 0 aromatic heterocycles. The van der Waals surface area contributed by atoms with Crippen LogP contribution >= 0.6 is 0 Å². The van der Waals surface area contributed by atoms with Crippen molar-refractivity contribution < 1.29 is 0 Å². The molecule has 2 aliphatic carbocycles. The Bertz CT molecular complexity index is 676. The molecule has 0 saturated carbocycles. The maximum atomic E-state index is 2.34. The van der Waals surface area contributed by atoms with Gasteiger partial charge in [0.1, 0.15) is 0 Å². The highest BCUT2D eigenvalue weighted by Crippen LogP contribution is 2.21. The normalized spacial score (nSPS) is 15.4. The fraction of sp³-hybridized carbons (Fsp3) is 0.364. The second kappa shape index (κ2) is 6.96. The Kier molecular flexibility index (Phi) is 4.77. The van der Waals surface area contributed by atoms with Crippen LogP contribution in [0, 0.1) is 13.8 Å². The quantitative estimate of drug-likeness (QED) is 0.560. The largest absolute Gasteiger partial charge is 0.0838 e. The van der Waals surface area contributed by atoms with Gasteiger partial charge in [-0.05, 0) is 74.6 Å². The third-order valence-electron chi connectivity index (χ3n) is 4.71. The van der Waals surface area contributed by atoms with Gasteiger partial charge in [-0.15, -0.1) is 0 Å². The molecule has 0 atom stereocenters. The van der Waals surface area contributed by atoms with Crippen LogP contribution in [0.4, 0.5) is 0 Å². The molecule has 2 aliphatic rings. The van der Waals surface area contributed by atoms with Crippen LogP contribution in [0.1, 0.15) is 46.2 Å². The van der Waals surface area contributed by atoms with Crippen LogP contribution in [0.15, 0.2) is 48.6 Å². The summed E-state index contributed by atoms with van der Waals surface area (Å²) in [6.07, 6.45) is 12.1. The monoisotopic (exact) mass is 290 g/mol. The van der Waals surface area contributed by atoms with Gasteiger partial charge < -0.3 is 0 Å². The molecule has 0 amide bonds. The first-order valence-corrected chi connectivity index (χ1v) is 8.54. The standard InChI is InChI=1S/C11H14.C11H12/c2*1-9-6-7-10-4-2-3-5-11(10)8-9/h6-8H,2-5H2,1H3;2-3,6-8H,4-5H2,1H3. The summed E-state index contributed by atoms with van der Waals surface area (Å²) in [6, 6.07) is 13.6. The Morgan fingerprint density at radius 1 is 0.591 bits per heavy atom. The van der Waals surface area contributed by atoms with Crippen LogP contribution in [0.2, 0.25) is 0 Å². The van der Waals surface area contributed by atoms with E-state index in [0.717, 1.165) is 12.8 Å². The van der Waals surface area contributed by atoms with Crippen molar-refractivity contribution in [2.45, 2.75) is 52.4 Å². The minimum absolute atomic E-state index is 1.12. The number of benzene rings is 2. The van der Waals surface area contributed by atoms with Crippen LogP contribution in [0.25, 0.3) is 0 Å². The van der Waals surface area contributed by atoms with E-state index in [2.05, 4.69) is 62.4 Å². The molecule has 0 heterocycles. The average Bonchev–Trinajstić information content (AvgIpc) is 2.55. The first-order valence-electron chi connectivity index (χ1n) is 8.54. The maximum Gasteiger partial charge on any atom is -0.00944 e. The molecule has 0 saturated heterocycles. The summed E-state index contributed by atoms with van der Waals surface area (Å²) < 4.78 is 0. The summed E-state index contributed by atoms with van der Waals surface area (Å²) in [6.45, 7) is 4.33. The van der Waals surface area contributed by atoms with Crippen molar-refractivity contribution in [2.24, 2.45) is 0 Å². The summed E-state index contributed by atoms with van der Waals surface area (Å²) in [5.74, 6) is 0. The lowest BCUT2D eigenvalue weighted by atomic mass is 9.91. The van der Waals surface area contributed by atoms with E-state index in [4.69, 9.17) is 0 Å². The van der Waals surface area contributed by atoms with Crippen molar-refractivity contribution in [3.05, 3.63) is 81.9 Å². The summed E-state index contributed by atoms with van der Waals surface area (Å²) >= 11 is 0. The lowest BCUT2D eigenvalue weighted by Crippen LogP contribution is -2.01. The van der Waals surface area contributed by atoms with E-state index in [1.54, 1.807) is 11.1 Å². The van der Waals surface area contributed by atoms with Gasteiger partial charge in [0.15, 0.2) is 0 Å². The highest BCUT2D eigenvalue weighted by Gasteiger charge is 2.07. The highest BCUT2D eigenvalue weighted by molar-refractivity contribution is 5.36. The Labute approximate surface area is 134 Å². The van der Waals surface area contributed by atoms with Crippen molar-refractivity contribution >= 4 is 0 Å². The summed E-state index contributed by atoms with van der Waals surface area (Å²) in [5, 5.41) is 0. The van der Waals surface area contributed by atoms with Gasteiger partial charge in [0.05, 0.1) is 0 Å². The topological polar surface area (TPSA) is 0 Å². The fourth-order valence-electron chi connectivity index (χ4n) is 3.43. The predicted octanol–water partition coefficient (Wildman–Crippen LogP) is 5.52. The number of fused-ring (bicyclic) bond motifs is 2. The molecule has 22 heavy (non-hydrogen) atoms. The summed E-state index contributed by atoms with van der Waals surface area (Å²) in [4.78, 5) is 0. The molecular formula is C22H26. The summed E-state index contributed by atoms with van der Waals surface area (Å²) in [7, 11) is 0. The number of allylic oxidation sites excluding steroid dienone is 2. The predicted molar refractivity (Wildman–Crippen MR) is 95.5 cm³/mol. The van der Waals surface area contributed by atoms with Gasteiger partial charge in [0.2, 0.25) is 0 Å². The van der Waals surface area contributed by atoms with Crippen molar-refractivity contribution in [3.63, 3.8) is 0 Å². The third kappa shape index (κ3) is 3.68. The van der Waals surface area contributed by atoms with Crippen LogP contribution in [-0.4, -0.2) is 0 Å². The Morgan fingerprint density at radius 3 is 1.86 bits per heavy atom. The molecule has 0 fully saturated rings. The van der Waals surface area contributed by atoms with E-state index in [-0.39, 0.29) is 0 Å². The molecule has 2 aromatic carbocycles. The molecule has 0 heteroatoms. The zero-order valence-corrected chi connectivity index (χ0v) is 13.9. The number of aryl methyl sites for hydroxylation is 4. The third-order valence-corrected chi connectivity index (χ3v) is 4.71. The van der Waals surface area contributed by atoms with E-state index in [1.807, 2.05) is 0 Å². The Balaban J connectivity index is 0.000000131. The van der Waals surface area contributed by atoms with Gasteiger partial charge in [-0.3, -0.25) is 0 Å². The fourth-order valence-corrected chi connectivity index (χ4v) is 3.43. The second-order valence-electron chi connectivity index (χ2n) is 6.63. The van der Waals surface area contributed by atoms with E-state index in [9.17, 15) is 0 Å². The Morgan fingerprint density at radius 2 is 1.14 bits per heavy atom. The molecule has 0 bridgehead atoms. The smallest absolute Gasteiger partial charge is 0.00944 e. The lowest BCUT2D eigenvalue weighted by Gasteiger charge is -2.15. The van der Waals surface area contributed by atoms with Crippen LogP contribution in [-0.2, 0) is 25.7 Å². The molecule has 114 valence electrons. The van der Waals surface area contributed by atoms with E-state index < -0.39 is 0 Å². The van der Waals surface area contributed by atoms with Crippen molar-refractivity contribution in [2.75, 3.05) is 0 Å². The molecule has 0 nitrogen and oxygen atoms in total. The molecule has 0 spiro atoms. The van der Waals surface area contributed by atoms with E-state index in [0.29, 0.717) is 0 Å². The molecule has 0 unspecified atom stereocenters. The molecule has 0 aliphatic heterocycles. The summed E-state index contributed by atoms with van der Waals surface area (Å²) in [5.41, 5.74) is 8.97. The SMILES string of the molecule is Cc1ccc2c(c1)CC=CC2.Cc1ccc2c(c1)CCCC2. The minimum Gasteiger partial charge on any atom is -0.0838 e. The highest BCUT2D eigenvalue weighted by atomic mass is 14.1. The number of rotatable bonds is 0. The van der Waals surface area contributed by atoms with Crippen molar-refractivity contribution in [1.82, 2.24) is 0 Å². The Hall–Kier alpha value is -1.82. The first-order chi connectivity index (χ1) is 10.7.